The third-order valence-corrected chi connectivity index (χ3v) is 3.57. The zero-order valence-electron chi connectivity index (χ0n) is 9.80. The molecule has 4 nitrogen and oxygen atoms in total. The van der Waals surface area contributed by atoms with E-state index in [0.717, 1.165) is 32.4 Å². The molecule has 0 atom stereocenters. The highest BCUT2D eigenvalue weighted by atomic mass is 16.3. The highest BCUT2D eigenvalue weighted by Crippen LogP contribution is 2.47. The van der Waals surface area contributed by atoms with E-state index in [4.69, 9.17) is 5.11 Å². The molecule has 0 bridgehead atoms. The van der Waals surface area contributed by atoms with Crippen molar-refractivity contribution in [1.82, 2.24) is 10.6 Å². The summed E-state index contributed by atoms with van der Waals surface area (Å²) >= 11 is 0. The van der Waals surface area contributed by atoms with Crippen molar-refractivity contribution in [2.75, 3.05) is 19.7 Å². The summed E-state index contributed by atoms with van der Waals surface area (Å²) in [6.45, 7) is 1.99. The summed E-state index contributed by atoms with van der Waals surface area (Å²) in [5.41, 5.74) is 0.349. The van der Waals surface area contributed by atoms with Crippen molar-refractivity contribution in [2.45, 2.75) is 44.6 Å². The number of hydrogen-bond donors (Lipinski definition) is 3. The van der Waals surface area contributed by atoms with Gasteiger partial charge in [0.25, 0.3) is 0 Å². The average molecular weight is 226 g/mol. The lowest BCUT2D eigenvalue weighted by Crippen LogP contribution is -2.31. The minimum atomic E-state index is 0.169. The molecule has 0 aromatic rings. The summed E-state index contributed by atoms with van der Waals surface area (Å²) < 4.78 is 0. The molecule has 92 valence electrons. The average Bonchev–Trinajstić information content (AvgIpc) is 3.12. The van der Waals surface area contributed by atoms with Gasteiger partial charge in [0.2, 0.25) is 5.91 Å². The molecule has 2 aliphatic carbocycles. The molecule has 0 aromatic carbocycles. The van der Waals surface area contributed by atoms with E-state index in [1.165, 1.54) is 12.8 Å². The van der Waals surface area contributed by atoms with E-state index in [2.05, 4.69) is 10.6 Å². The predicted molar refractivity (Wildman–Crippen MR) is 62.0 cm³/mol. The Bertz CT molecular complexity index is 247. The molecule has 0 aromatic heterocycles. The Morgan fingerprint density at radius 3 is 2.69 bits per heavy atom. The Morgan fingerprint density at radius 1 is 1.38 bits per heavy atom. The van der Waals surface area contributed by atoms with Gasteiger partial charge in [-0.1, -0.05) is 0 Å². The fourth-order valence-corrected chi connectivity index (χ4v) is 2.01. The van der Waals surface area contributed by atoms with Gasteiger partial charge in [-0.15, -0.1) is 0 Å². The molecule has 1 amide bonds. The second kappa shape index (κ2) is 5.15. The van der Waals surface area contributed by atoms with Crippen LogP contribution < -0.4 is 10.6 Å². The maximum absolute atomic E-state index is 11.4. The van der Waals surface area contributed by atoms with Crippen LogP contribution in [-0.4, -0.2) is 36.8 Å². The Morgan fingerprint density at radius 2 is 2.12 bits per heavy atom. The number of hydrogen-bond acceptors (Lipinski definition) is 3. The Balaban J connectivity index is 1.49. The van der Waals surface area contributed by atoms with Crippen molar-refractivity contribution >= 4 is 5.91 Å². The van der Waals surface area contributed by atoms with Crippen molar-refractivity contribution in [3.8, 4) is 0 Å². The van der Waals surface area contributed by atoms with Gasteiger partial charge < -0.3 is 15.7 Å². The summed E-state index contributed by atoms with van der Waals surface area (Å²) in [6, 6.07) is 0.469. The van der Waals surface area contributed by atoms with E-state index in [0.29, 0.717) is 17.9 Å². The number of rotatable bonds is 8. The van der Waals surface area contributed by atoms with Gasteiger partial charge in [0.05, 0.1) is 0 Å². The molecule has 16 heavy (non-hydrogen) atoms. The number of carbonyl (C=O) groups excluding carboxylic acids is 1. The van der Waals surface area contributed by atoms with Gasteiger partial charge in [-0.05, 0) is 37.5 Å². The van der Waals surface area contributed by atoms with E-state index in [9.17, 15) is 4.79 Å². The van der Waals surface area contributed by atoms with Gasteiger partial charge >= 0.3 is 0 Å². The summed E-state index contributed by atoms with van der Waals surface area (Å²) in [5, 5.41) is 15.2. The molecule has 4 heteroatoms. The van der Waals surface area contributed by atoms with E-state index in [1.54, 1.807) is 0 Å². The first-order valence-corrected chi connectivity index (χ1v) is 6.35. The highest BCUT2D eigenvalue weighted by Gasteiger charge is 2.41. The van der Waals surface area contributed by atoms with Gasteiger partial charge in [-0.3, -0.25) is 4.79 Å². The van der Waals surface area contributed by atoms with Crippen LogP contribution in [-0.2, 0) is 4.79 Å². The highest BCUT2D eigenvalue weighted by molar-refractivity contribution is 5.76. The van der Waals surface area contributed by atoms with Crippen molar-refractivity contribution in [1.29, 1.82) is 0 Å². The summed E-state index contributed by atoms with van der Waals surface area (Å²) in [7, 11) is 0. The van der Waals surface area contributed by atoms with E-state index in [-0.39, 0.29) is 12.5 Å². The van der Waals surface area contributed by atoms with Crippen LogP contribution in [0.5, 0.6) is 0 Å². The number of nitrogens with one attached hydrogen (secondary N) is 2. The van der Waals surface area contributed by atoms with Gasteiger partial charge in [0, 0.05) is 32.2 Å². The minimum absolute atomic E-state index is 0.169. The molecule has 0 heterocycles. The Labute approximate surface area is 96.8 Å². The van der Waals surface area contributed by atoms with Crippen LogP contribution in [0.3, 0.4) is 0 Å². The lowest BCUT2D eigenvalue weighted by molar-refractivity contribution is -0.121. The normalized spacial score (nSPS) is 21.8. The molecule has 0 spiro atoms. The summed E-state index contributed by atoms with van der Waals surface area (Å²) in [6.07, 6.45) is 6.21. The van der Waals surface area contributed by atoms with Crippen LogP contribution in [0.1, 0.15) is 38.5 Å². The maximum atomic E-state index is 11.4. The monoisotopic (exact) mass is 226 g/mol. The van der Waals surface area contributed by atoms with Crippen LogP contribution >= 0.6 is 0 Å². The topological polar surface area (TPSA) is 61.4 Å². The molecule has 2 aliphatic rings. The second-order valence-electron chi connectivity index (χ2n) is 5.24. The molecule has 0 aliphatic heterocycles. The van der Waals surface area contributed by atoms with Crippen LogP contribution in [0.2, 0.25) is 0 Å². The van der Waals surface area contributed by atoms with Crippen LogP contribution in [0.25, 0.3) is 0 Å². The molecule has 0 unspecified atom stereocenters. The SMILES string of the molecule is O=C(CCNCC1(CCO)CC1)NC1CC1. The van der Waals surface area contributed by atoms with Crippen molar-refractivity contribution in [3.63, 3.8) is 0 Å². The van der Waals surface area contributed by atoms with Crippen molar-refractivity contribution in [3.05, 3.63) is 0 Å². The number of carbonyl (C=O) groups is 1. The maximum Gasteiger partial charge on any atom is 0.221 e. The predicted octanol–water partition coefficient (Wildman–Crippen LogP) is 0.407. The Kier molecular flexibility index (Phi) is 3.82. The third kappa shape index (κ3) is 3.76. The molecule has 3 N–H and O–H groups in total. The third-order valence-electron chi connectivity index (χ3n) is 3.57. The first kappa shape index (κ1) is 11.9. The summed E-state index contributed by atoms with van der Waals surface area (Å²) in [4.78, 5) is 11.4. The molecular weight excluding hydrogens is 204 g/mol. The summed E-state index contributed by atoms with van der Waals surface area (Å²) in [5.74, 6) is 0.169. The fraction of sp³-hybridized carbons (Fsp3) is 0.917. The lowest BCUT2D eigenvalue weighted by Gasteiger charge is -2.14. The largest absolute Gasteiger partial charge is 0.396 e. The van der Waals surface area contributed by atoms with E-state index >= 15 is 0 Å². The minimum Gasteiger partial charge on any atom is -0.396 e. The smallest absolute Gasteiger partial charge is 0.221 e. The first-order chi connectivity index (χ1) is 7.74. The standard InChI is InChI=1S/C12H22N2O2/c15-8-6-12(4-5-12)9-13-7-3-11(16)14-10-1-2-10/h10,13,15H,1-9H2,(H,14,16). The fourth-order valence-electron chi connectivity index (χ4n) is 2.01. The second-order valence-corrected chi connectivity index (χ2v) is 5.24. The van der Waals surface area contributed by atoms with Gasteiger partial charge in [0.1, 0.15) is 0 Å². The molecule has 2 rings (SSSR count). The van der Waals surface area contributed by atoms with Crippen LogP contribution in [0.15, 0.2) is 0 Å². The molecular formula is C12H22N2O2. The molecule has 0 saturated heterocycles. The van der Waals surface area contributed by atoms with Crippen LogP contribution in [0.4, 0.5) is 0 Å². The van der Waals surface area contributed by atoms with Crippen molar-refractivity contribution in [2.24, 2.45) is 5.41 Å². The quantitative estimate of drug-likeness (QED) is 0.525. The Hall–Kier alpha value is -0.610. The zero-order valence-corrected chi connectivity index (χ0v) is 9.80. The van der Waals surface area contributed by atoms with E-state index < -0.39 is 0 Å². The van der Waals surface area contributed by atoms with Crippen molar-refractivity contribution < 1.29 is 9.90 Å². The molecule has 2 fully saturated rings. The number of aliphatic hydroxyl groups excluding tert-OH is 1. The van der Waals surface area contributed by atoms with Crippen LogP contribution in [0, 0.1) is 5.41 Å². The zero-order chi connectivity index (χ0) is 11.4. The number of amides is 1. The lowest BCUT2D eigenvalue weighted by atomic mass is 10.0. The van der Waals surface area contributed by atoms with Gasteiger partial charge in [-0.2, -0.15) is 0 Å². The van der Waals surface area contributed by atoms with E-state index in [1.807, 2.05) is 0 Å². The van der Waals surface area contributed by atoms with Gasteiger partial charge in [0.15, 0.2) is 0 Å². The van der Waals surface area contributed by atoms with Gasteiger partial charge in [-0.25, -0.2) is 0 Å². The first-order valence-electron chi connectivity index (χ1n) is 6.35. The molecule has 2 saturated carbocycles. The number of aliphatic hydroxyl groups is 1. The molecule has 0 radical (unpaired) electrons.